The molecule has 0 radical (unpaired) electrons. The SMILES string of the molecule is CCCN(CCC(=O)N1C[C@@H](C)O[C@@H](C)C1)C(=O)c1cnc(C)cn1. The van der Waals surface area contributed by atoms with Gasteiger partial charge in [0.15, 0.2) is 0 Å². The molecule has 1 aromatic heterocycles. The number of carbonyl (C=O) groups excluding carboxylic acids is 2. The quantitative estimate of drug-likeness (QED) is 0.781. The summed E-state index contributed by atoms with van der Waals surface area (Å²) >= 11 is 0. The maximum Gasteiger partial charge on any atom is 0.274 e. The lowest BCUT2D eigenvalue weighted by molar-refractivity contribution is -0.143. The van der Waals surface area contributed by atoms with Crippen molar-refractivity contribution in [3.63, 3.8) is 0 Å². The van der Waals surface area contributed by atoms with Crippen LogP contribution in [0.3, 0.4) is 0 Å². The molecule has 2 amide bonds. The highest BCUT2D eigenvalue weighted by Gasteiger charge is 2.26. The van der Waals surface area contributed by atoms with Crippen molar-refractivity contribution in [2.45, 2.75) is 52.7 Å². The van der Waals surface area contributed by atoms with Crippen LogP contribution >= 0.6 is 0 Å². The molecule has 0 bridgehead atoms. The summed E-state index contributed by atoms with van der Waals surface area (Å²) in [5, 5.41) is 0. The Kier molecular flexibility index (Phi) is 6.87. The number of morpholine rings is 1. The molecule has 2 heterocycles. The number of amides is 2. The second-order valence-corrected chi connectivity index (χ2v) is 6.64. The first kappa shape index (κ1) is 19.3. The average Bonchev–Trinajstić information content (AvgIpc) is 2.57. The lowest BCUT2D eigenvalue weighted by Crippen LogP contribution is -2.49. The monoisotopic (exact) mass is 348 g/mol. The maximum atomic E-state index is 12.6. The number of ether oxygens (including phenoxy) is 1. The summed E-state index contributed by atoms with van der Waals surface area (Å²) in [7, 11) is 0. The second kappa shape index (κ2) is 8.89. The summed E-state index contributed by atoms with van der Waals surface area (Å²) in [4.78, 5) is 36.9. The summed E-state index contributed by atoms with van der Waals surface area (Å²) in [6, 6.07) is 0. The Bertz CT molecular complexity index is 580. The molecular weight excluding hydrogens is 320 g/mol. The van der Waals surface area contributed by atoms with Crippen molar-refractivity contribution in [2.75, 3.05) is 26.2 Å². The summed E-state index contributed by atoms with van der Waals surface area (Å²) in [5.74, 6) is -0.114. The van der Waals surface area contributed by atoms with E-state index in [1.165, 1.54) is 6.20 Å². The normalized spacial score (nSPS) is 20.4. The minimum Gasteiger partial charge on any atom is -0.372 e. The number of hydrogen-bond acceptors (Lipinski definition) is 5. The summed E-state index contributed by atoms with van der Waals surface area (Å²) in [5.41, 5.74) is 1.09. The van der Waals surface area contributed by atoms with E-state index in [4.69, 9.17) is 4.74 Å². The van der Waals surface area contributed by atoms with E-state index in [0.29, 0.717) is 38.3 Å². The highest BCUT2D eigenvalue weighted by atomic mass is 16.5. The molecule has 2 atom stereocenters. The number of rotatable bonds is 6. The third-order valence-corrected chi connectivity index (χ3v) is 4.15. The van der Waals surface area contributed by atoms with Gasteiger partial charge in [-0.15, -0.1) is 0 Å². The summed E-state index contributed by atoms with van der Waals surface area (Å²) < 4.78 is 5.66. The Labute approximate surface area is 149 Å². The Hall–Kier alpha value is -2.02. The van der Waals surface area contributed by atoms with E-state index in [0.717, 1.165) is 12.1 Å². The van der Waals surface area contributed by atoms with Crippen LogP contribution in [0.15, 0.2) is 12.4 Å². The van der Waals surface area contributed by atoms with Crippen LogP contribution in [0.5, 0.6) is 0 Å². The zero-order valence-corrected chi connectivity index (χ0v) is 15.6. The van der Waals surface area contributed by atoms with Crippen molar-refractivity contribution in [1.29, 1.82) is 0 Å². The molecule has 0 saturated carbocycles. The average molecular weight is 348 g/mol. The van der Waals surface area contributed by atoms with Gasteiger partial charge in [-0.2, -0.15) is 0 Å². The number of nitrogens with zero attached hydrogens (tertiary/aromatic N) is 4. The van der Waals surface area contributed by atoms with Crippen LogP contribution in [0.4, 0.5) is 0 Å². The van der Waals surface area contributed by atoms with Gasteiger partial charge in [0.2, 0.25) is 5.91 Å². The first-order valence-corrected chi connectivity index (χ1v) is 8.91. The Morgan fingerprint density at radius 2 is 1.88 bits per heavy atom. The van der Waals surface area contributed by atoms with Crippen molar-refractivity contribution in [1.82, 2.24) is 19.8 Å². The third kappa shape index (κ3) is 5.49. The minimum atomic E-state index is -0.175. The van der Waals surface area contributed by atoms with Gasteiger partial charge in [-0.25, -0.2) is 4.98 Å². The van der Waals surface area contributed by atoms with Crippen molar-refractivity contribution >= 4 is 11.8 Å². The van der Waals surface area contributed by atoms with Gasteiger partial charge in [-0.1, -0.05) is 6.92 Å². The Morgan fingerprint density at radius 1 is 1.20 bits per heavy atom. The van der Waals surface area contributed by atoms with Gasteiger partial charge in [0.25, 0.3) is 5.91 Å². The predicted molar refractivity (Wildman–Crippen MR) is 94.2 cm³/mol. The lowest BCUT2D eigenvalue weighted by Gasteiger charge is -2.35. The van der Waals surface area contributed by atoms with Gasteiger partial charge >= 0.3 is 0 Å². The Morgan fingerprint density at radius 3 is 2.44 bits per heavy atom. The molecule has 7 nitrogen and oxygen atoms in total. The molecule has 138 valence electrons. The number of aromatic nitrogens is 2. The Balaban J connectivity index is 1.95. The molecule has 2 rings (SSSR count). The molecule has 1 fully saturated rings. The fraction of sp³-hybridized carbons (Fsp3) is 0.667. The van der Waals surface area contributed by atoms with Gasteiger partial charge in [0.05, 0.1) is 24.1 Å². The van der Waals surface area contributed by atoms with Gasteiger partial charge in [-0.3, -0.25) is 14.6 Å². The van der Waals surface area contributed by atoms with Gasteiger partial charge in [0.1, 0.15) is 5.69 Å². The van der Waals surface area contributed by atoms with Crippen LogP contribution in [-0.2, 0) is 9.53 Å². The van der Waals surface area contributed by atoms with E-state index in [1.807, 2.05) is 32.6 Å². The number of aryl methyl sites for hydroxylation is 1. The summed E-state index contributed by atoms with van der Waals surface area (Å²) in [6.07, 6.45) is 4.30. The standard InChI is InChI=1S/C18H28N4O3/c1-5-7-21(18(24)16-10-19-13(2)9-20-16)8-6-17(23)22-11-14(3)25-15(4)12-22/h9-10,14-15H,5-8,11-12H2,1-4H3/t14-,15+. The van der Waals surface area contributed by atoms with E-state index in [2.05, 4.69) is 9.97 Å². The zero-order chi connectivity index (χ0) is 18.4. The van der Waals surface area contributed by atoms with E-state index in [9.17, 15) is 9.59 Å². The second-order valence-electron chi connectivity index (χ2n) is 6.64. The van der Waals surface area contributed by atoms with Crippen LogP contribution in [0.25, 0.3) is 0 Å². The third-order valence-electron chi connectivity index (χ3n) is 4.15. The van der Waals surface area contributed by atoms with Crippen LogP contribution in [0.2, 0.25) is 0 Å². The molecular formula is C18H28N4O3. The van der Waals surface area contributed by atoms with Gasteiger partial charge in [0, 0.05) is 38.8 Å². The van der Waals surface area contributed by atoms with Crippen LogP contribution in [0.1, 0.15) is 49.8 Å². The lowest BCUT2D eigenvalue weighted by atomic mass is 10.2. The molecule has 1 saturated heterocycles. The van der Waals surface area contributed by atoms with E-state index in [1.54, 1.807) is 11.1 Å². The van der Waals surface area contributed by atoms with E-state index < -0.39 is 0 Å². The van der Waals surface area contributed by atoms with Gasteiger partial charge < -0.3 is 14.5 Å². The van der Waals surface area contributed by atoms with E-state index >= 15 is 0 Å². The van der Waals surface area contributed by atoms with Crippen LogP contribution in [0, 0.1) is 6.92 Å². The van der Waals surface area contributed by atoms with Crippen molar-refractivity contribution in [3.05, 3.63) is 23.8 Å². The van der Waals surface area contributed by atoms with Crippen LogP contribution < -0.4 is 0 Å². The smallest absolute Gasteiger partial charge is 0.274 e. The highest BCUT2D eigenvalue weighted by Crippen LogP contribution is 2.12. The zero-order valence-electron chi connectivity index (χ0n) is 15.6. The van der Waals surface area contributed by atoms with Crippen molar-refractivity contribution < 1.29 is 14.3 Å². The maximum absolute atomic E-state index is 12.6. The topological polar surface area (TPSA) is 75.6 Å². The fourth-order valence-electron chi connectivity index (χ4n) is 3.02. The molecule has 1 aliphatic heterocycles. The number of hydrogen-bond donors (Lipinski definition) is 0. The van der Waals surface area contributed by atoms with Gasteiger partial charge in [-0.05, 0) is 27.2 Å². The van der Waals surface area contributed by atoms with Crippen LogP contribution in [-0.4, -0.2) is 70.0 Å². The molecule has 0 spiro atoms. The van der Waals surface area contributed by atoms with Crippen molar-refractivity contribution in [2.24, 2.45) is 0 Å². The predicted octanol–water partition coefficient (Wildman–Crippen LogP) is 1.66. The molecule has 25 heavy (non-hydrogen) atoms. The molecule has 7 heteroatoms. The molecule has 0 aliphatic carbocycles. The molecule has 1 aliphatic rings. The molecule has 0 aromatic carbocycles. The molecule has 1 aromatic rings. The largest absolute Gasteiger partial charge is 0.372 e. The fourth-order valence-corrected chi connectivity index (χ4v) is 3.02. The van der Waals surface area contributed by atoms with E-state index in [-0.39, 0.29) is 24.0 Å². The number of carbonyl (C=O) groups is 2. The highest BCUT2D eigenvalue weighted by molar-refractivity contribution is 5.92. The molecule has 0 N–H and O–H groups in total. The minimum absolute atomic E-state index is 0.0453. The summed E-state index contributed by atoms with van der Waals surface area (Å²) in [6.45, 7) is 9.97. The van der Waals surface area contributed by atoms with Crippen molar-refractivity contribution in [3.8, 4) is 0 Å². The first-order chi connectivity index (χ1) is 11.9. The first-order valence-electron chi connectivity index (χ1n) is 8.91. The molecule has 0 unspecified atom stereocenters.